The number of hydrazone groups is 1. The van der Waals surface area contributed by atoms with Crippen LogP contribution in [0.5, 0.6) is 17.2 Å². The van der Waals surface area contributed by atoms with E-state index in [9.17, 15) is 9.59 Å². The molecule has 0 spiro atoms. The lowest BCUT2D eigenvalue weighted by Gasteiger charge is -2.22. The fourth-order valence-corrected chi connectivity index (χ4v) is 3.44. The Labute approximate surface area is 209 Å². The summed E-state index contributed by atoms with van der Waals surface area (Å²) in [6.45, 7) is 5.46. The second-order valence-corrected chi connectivity index (χ2v) is 8.71. The zero-order valence-corrected chi connectivity index (χ0v) is 21.2. The number of benzene rings is 2. The number of nitrogens with one attached hydrogen (secondary N) is 2. The maximum atomic E-state index is 12.8. The molecule has 2 aromatic rings. The third-order valence-corrected chi connectivity index (χ3v) is 5.25. The third kappa shape index (κ3) is 8.11. The first kappa shape index (κ1) is 27.3. The van der Waals surface area contributed by atoms with Crippen molar-refractivity contribution in [3.05, 3.63) is 52.0 Å². The number of ether oxygens (including phenoxy) is 3. The van der Waals surface area contributed by atoms with Gasteiger partial charge < -0.3 is 19.5 Å². The van der Waals surface area contributed by atoms with Crippen molar-refractivity contribution in [3.63, 3.8) is 0 Å². The Morgan fingerprint density at radius 3 is 2.32 bits per heavy atom. The number of hydrogen-bond acceptors (Lipinski definition) is 6. The summed E-state index contributed by atoms with van der Waals surface area (Å²) in [7, 11) is 3.09. The van der Waals surface area contributed by atoms with Gasteiger partial charge in [0.05, 0.1) is 25.5 Å². The van der Waals surface area contributed by atoms with Crippen LogP contribution in [0.3, 0.4) is 0 Å². The van der Waals surface area contributed by atoms with Gasteiger partial charge >= 0.3 is 0 Å². The second kappa shape index (κ2) is 13.1. The van der Waals surface area contributed by atoms with E-state index in [1.807, 2.05) is 13.8 Å². The topological polar surface area (TPSA) is 98.3 Å². The van der Waals surface area contributed by atoms with E-state index in [-0.39, 0.29) is 10.9 Å². The highest BCUT2D eigenvalue weighted by molar-refractivity contribution is 6.35. The van der Waals surface area contributed by atoms with Crippen molar-refractivity contribution in [2.24, 2.45) is 11.0 Å². The molecule has 0 saturated heterocycles. The average Bonchev–Trinajstić information content (AvgIpc) is 2.79. The van der Waals surface area contributed by atoms with Gasteiger partial charge in [0.25, 0.3) is 11.8 Å². The summed E-state index contributed by atoms with van der Waals surface area (Å²) < 4.78 is 16.1. The van der Waals surface area contributed by atoms with Gasteiger partial charge in [0.2, 0.25) is 0 Å². The molecular formula is C24H29Cl2N3O5. The highest BCUT2D eigenvalue weighted by Crippen LogP contribution is 2.28. The Morgan fingerprint density at radius 2 is 1.71 bits per heavy atom. The van der Waals surface area contributed by atoms with Crippen molar-refractivity contribution in [1.29, 1.82) is 0 Å². The molecule has 0 aliphatic heterocycles. The molecule has 0 aliphatic rings. The fraction of sp³-hybridized carbons (Fsp3) is 0.375. The molecule has 0 saturated carbocycles. The molecule has 8 nitrogen and oxygen atoms in total. The Hall–Kier alpha value is -2.97. The normalized spacial score (nSPS) is 12.8. The number of halogens is 2. The summed E-state index contributed by atoms with van der Waals surface area (Å²) in [5.74, 6) is 0.712. The lowest BCUT2D eigenvalue weighted by Crippen LogP contribution is -2.49. The number of carbonyl (C=O) groups is 2. The maximum absolute atomic E-state index is 12.8. The van der Waals surface area contributed by atoms with Crippen LogP contribution in [0.25, 0.3) is 0 Å². The Balaban J connectivity index is 2.06. The first-order valence-electron chi connectivity index (χ1n) is 10.6. The van der Waals surface area contributed by atoms with Crippen LogP contribution >= 0.6 is 23.2 Å². The first-order valence-corrected chi connectivity index (χ1v) is 11.4. The van der Waals surface area contributed by atoms with Gasteiger partial charge in [0.1, 0.15) is 23.3 Å². The summed E-state index contributed by atoms with van der Waals surface area (Å²) in [5.41, 5.74) is 3.10. The molecule has 10 heteroatoms. The molecule has 2 rings (SSSR count). The van der Waals surface area contributed by atoms with Crippen LogP contribution in [-0.2, 0) is 9.59 Å². The number of rotatable bonds is 11. The summed E-state index contributed by atoms with van der Waals surface area (Å²) in [4.78, 5) is 25.5. The van der Waals surface area contributed by atoms with Crippen LogP contribution < -0.4 is 25.0 Å². The largest absolute Gasteiger partial charge is 0.497 e. The molecule has 0 heterocycles. The SMILES string of the molecule is COc1ccc(OC)c(/C=N\NC(=O)[C@@H](CC(C)C)NC(=O)[C@@H](C)Oc2ccc(Cl)cc2Cl)c1. The molecule has 2 aromatic carbocycles. The van der Waals surface area contributed by atoms with E-state index in [0.717, 1.165) is 0 Å². The molecule has 2 amide bonds. The van der Waals surface area contributed by atoms with Crippen LogP contribution in [0, 0.1) is 5.92 Å². The molecule has 0 fully saturated rings. The highest BCUT2D eigenvalue weighted by atomic mass is 35.5. The number of amides is 2. The van der Waals surface area contributed by atoms with Crippen molar-refractivity contribution in [1.82, 2.24) is 10.7 Å². The van der Waals surface area contributed by atoms with Crippen molar-refractivity contribution in [2.45, 2.75) is 39.3 Å². The maximum Gasteiger partial charge on any atom is 0.262 e. The molecule has 0 unspecified atom stereocenters. The Morgan fingerprint density at radius 1 is 1.00 bits per heavy atom. The average molecular weight is 510 g/mol. The Kier molecular flexibility index (Phi) is 10.5. The third-order valence-electron chi connectivity index (χ3n) is 4.72. The minimum absolute atomic E-state index is 0.139. The summed E-state index contributed by atoms with van der Waals surface area (Å²) in [6, 6.07) is 9.10. The van der Waals surface area contributed by atoms with Crippen LogP contribution in [0.1, 0.15) is 32.8 Å². The zero-order chi connectivity index (χ0) is 25.3. The van der Waals surface area contributed by atoms with Crippen molar-refractivity contribution >= 4 is 41.2 Å². The lowest BCUT2D eigenvalue weighted by atomic mass is 10.0. The van der Waals surface area contributed by atoms with Gasteiger partial charge in [-0.2, -0.15) is 5.10 Å². The predicted molar refractivity (Wildman–Crippen MR) is 133 cm³/mol. The van der Waals surface area contributed by atoms with Gasteiger partial charge in [-0.1, -0.05) is 37.0 Å². The summed E-state index contributed by atoms with van der Waals surface area (Å²) in [6.07, 6.45) is 0.955. The molecular weight excluding hydrogens is 481 g/mol. The van der Waals surface area contributed by atoms with Crippen LogP contribution in [0.15, 0.2) is 41.5 Å². The molecule has 0 aromatic heterocycles. The molecule has 2 N–H and O–H groups in total. The van der Waals surface area contributed by atoms with E-state index in [1.54, 1.807) is 44.4 Å². The fourth-order valence-electron chi connectivity index (χ4n) is 2.99. The molecule has 0 radical (unpaired) electrons. The highest BCUT2D eigenvalue weighted by Gasteiger charge is 2.25. The minimum Gasteiger partial charge on any atom is -0.497 e. The predicted octanol–water partition coefficient (Wildman–Crippen LogP) is 4.46. The molecule has 2 atom stereocenters. The van der Waals surface area contributed by atoms with Crippen LogP contribution in [0.2, 0.25) is 10.0 Å². The van der Waals surface area contributed by atoms with Gasteiger partial charge in [-0.25, -0.2) is 5.43 Å². The van der Waals surface area contributed by atoms with Crippen molar-refractivity contribution in [3.8, 4) is 17.2 Å². The minimum atomic E-state index is -0.898. The van der Waals surface area contributed by atoms with Crippen LogP contribution in [0.4, 0.5) is 0 Å². The number of carbonyl (C=O) groups excluding carboxylic acids is 2. The number of hydrogen-bond donors (Lipinski definition) is 2. The lowest BCUT2D eigenvalue weighted by molar-refractivity contribution is -0.132. The Bertz CT molecular complexity index is 1030. The van der Waals surface area contributed by atoms with Gasteiger partial charge in [-0.15, -0.1) is 0 Å². The monoisotopic (exact) mass is 509 g/mol. The number of methoxy groups -OCH3 is 2. The van der Waals surface area contributed by atoms with Gasteiger partial charge in [0.15, 0.2) is 6.10 Å². The quantitative estimate of drug-likeness (QED) is 0.344. The van der Waals surface area contributed by atoms with E-state index in [0.29, 0.717) is 34.3 Å². The van der Waals surface area contributed by atoms with E-state index >= 15 is 0 Å². The van der Waals surface area contributed by atoms with Crippen molar-refractivity contribution in [2.75, 3.05) is 14.2 Å². The van der Waals surface area contributed by atoms with E-state index in [2.05, 4.69) is 15.8 Å². The number of nitrogens with zero attached hydrogens (tertiary/aromatic N) is 1. The summed E-state index contributed by atoms with van der Waals surface area (Å²) >= 11 is 12.0. The molecule has 184 valence electrons. The van der Waals surface area contributed by atoms with Crippen molar-refractivity contribution < 1.29 is 23.8 Å². The molecule has 0 aliphatic carbocycles. The zero-order valence-electron chi connectivity index (χ0n) is 19.7. The van der Waals surface area contributed by atoms with E-state index in [1.165, 1.54) is 19.4 Å². The second-order valence-electron chi connectivity index (χ2n) is 7.87. The first-order chi connectivity index (χ1) is 16.1. The molecule has 0 bridgehead atoms. The van der Waals surface area contributed by atoms with E-state index < -0.39 is 24.0 Å². The standard InChI is InChI=1S/C24H29Cl2N3O5/c1-14(2)10-20(28-23(30)15(3)34-22-8-6-17(25)12-19(22)26)24(31)29-27-13-16-11-18(32-4)7-9-21(16)33-5/h6-9,11-15,20H,10H2,1-5H3,(H,28,30)(H,29,31)/b27-13-/t15-,20-/m1/s1. The van der Waals surface area contributed by atoms with Gasteiger partial charge in [0, 0.05) is 10.6 Å². The molecule has 34 heavy (non-hydrogen) atoms. The van der Waals surface area contributed by atoms with Gasteiger partial charge in [-0.3, -0.25) is 9.59 Å². The van der Waals surface area contributed by atoms with E-state index in [4.69, 9.17) is 37.4 Å². The van der Waals surface area contributed by atoms with Crippen LogP contribution in [-0.4, -0.2) is 44.4 Å². The van der Waals surface area contributed by atoms with Gasteiger partial charge in [-0.05, 0) is 55.7 Å². The smallest absolute Gasteiger partial charge is 0.262 e. The summed E-state index contributed by atoms with van der Waals surface area (Å²) in [5, 5.41) is 7.48.